The summed E-state index contributed by atoms with van der Waals surface area (Å²) >= 11 is 0. The fraction of sp³-hybridized carbons (Fsp3) is 0.143. The monoisotopic (exact) mass is 239 g/mol. The highest BCUT2D eigenvalue weighted by Crippen LogP contribution is 2.29. The molecule has 2 aromatic rings. The minimum Gasteiger partial charge on any atom is -0.457 e. The van der Waals surface area contributed by atoms with Crippen LogP contribution < -0.4 is 10.5 Å². The van der Waals surface area contributed by atoms with Gasteiger partial charge in [-0.2, -0.15) is 5.26 Å². The molecule has 0 aliphatic rings. The highest BCUT2D eigenvalue weighted by Gasteiger charge is 2.08. The van der Waals surface area contributed by atoms with Gasteiger partial charge in [0.25, 0.3) is 0 Å². The van der Waals surface area contributed by atoms with Gasteiger partial charge >= 0.3 is 0 Å². The van der Waals surface area contributed by atoms with Gasteiger partial charge in [0.15, 0.2) is 0 Å². The molecule has 0 radical (unpaired) electrons. The number of aryl methyl sites for hydroxylation is 2. The second-order valence-corrected chi connectivity index (χ2v) is 4.07. The van der Waals surface area contributed by atoms with Crippen molar-refractivity contribution in [3.05, 3.63) is 47.2 Å². The van der Waals surface area contributed by atoms with Gasteiger partial charge in [-0.25, -0.2) is 4.98 Å². The minimum atomic E-state index is 0.413. The number of rotatable bonds is 2. The van der Waals surface area contributed by atoms with Crippen LogP contribution in [0, 0.1) is 25.2 Å². The molecule has 0 unspecified atom stereocenters. The molecular formula is C14H13N3O. The van der Waals surface area contributed by atoms with Crippen LogP contribution in [0.4, 0.5) is 5.82 Å². The van der Waals surface area contributed by atoms with Crippen molar-refractivity contribution in [2.75, 3.05) is 5.73 Å². The van der Waals surface area contributed by atoms with E-state index in [1.165, 1.54) is 0 Å². The average molecular weight is 239 g/mol. The number of hydrogen-bond acceptors (Lipinski definition) is 4. The molecule has 1 heterocycles. The van der Waals surface area contributed by atoms with E-state index in [2.05, 4.69) is 11.1 Å². The van der Waals surface area contributed by atoms with E-state index >= 15 is 0 Å². The molecule has 4 heteroatoms. The Labute approximate surface area is 106 Å². The summed E-state index contributed by atoms with van der Waals surface area (Å²) < 4.78 is 5.79. The lowest BCUT2D eigenvalue weighted by molar-refractivity contribution is 0.474. The van der Waals surface area contributed by atoms with Crippen LogP contribution in [0.1, 0.15) is 16.7 Å². The summed E-state index contributed by atoms with van der Waals surface area (Å²) in [5.41, 5.74) is 8.07. The first-order valence-electron chi connectivity index (χ1n) is 5.51. The summed E-state index contributed by atoms with van der Waals surface area (Å²) in [5, 5.41) is 8.89. The van der Waals surface area contributed by atoms with Gasteiger partial charge in [0.05, 0.1) is 11.6 Å². The zero-order valence-electron chi connectivity index (χ0n) is 10.3. The zero-order chi connectivity index (χ0) is 13.1. The van der Waals surface area contributed by atoms with Crippen molar-refractivity contribution in [2.24, 2.45) is 0 Å². The predicted octanol–water partition coefficient (Wildman–Crippen LogP) is 2.94. The molecule has 0 aliphatic heterocycles. The van der Waals surface area contributed by atoms with E-state index in [9.17, 15) is 0 Å². The number of nitrogens with zero attached hydrogens (tertiary/aromatic N) is 2. The Balaban J connectivity index is 2.38. The number of pyridine rings is 1. The summed E-state index contributed by atoms with van der Waals surface area (Å²) in [6, 6.07) is 9.13. The number of hydrogen-bond donors (Lipinski definition) is 1. The Kier molecular flexibility index (Phi) is 3.16. The summed E-state index contributed by atoms with van der Waals surface area (Å²) in [6.45, 7) is 3.82. The molecule has 2 N–H and O–H groups in total. The maximum Gasteiger partial charge on any atom is 0.133 e. The number of aromatic nitrogens is 1. The molecule has 0 spiro atoms. The van der Waals surface area contributed by atoms with E-state index in [-0.39, 0.29) is 0 Å². The van der Waals surface area contributed by atoms with Crippen LogP contribution in [0.5, 0.6) is 11.5 Å². The van der Waals surface area contributed by atoms with Gasteiger partial charge in [-0.3, -0.25) is 0 Å². The molecule has 0 fully saturated rings. The summed E-state index contributed by atoms with van der Waals surface area (Å²) in [7, 11) is 0. The molecule has 1 aromatic carbocycles. The number of nitriles is 1. The third-order valence-corrected chi connectivity index (χ3v) is 2.56. The summed E-state index contributed by atoms with van der Waals surface area (Å²) in [5.74, 6) is 1.80. The van der Waals surface area contributed by atoms with Crippen molar-refractivity contribution in [3.8, 4) is 17.6 Å². The lowest BCUT2D eigenvalue weighted by atomic mass is 10.1. The van der Waals surface area contributed by atoms with Crippen molar-refractivity contribution in [1.29, 1.82) is 5.26 Å². The summed E-state index contributed by atoms with van der Waals surface area (Å²) in [4.78, 5) is 3.91. The van der Waals surface area contributed by atoms with Crippen LogP contribution in [-0.2, 0) is 0 Å². The second-order valence-electron chi connectivity index (χ2n) is 4.07. The van der Waals surface area contributed by atoms with Crippen molar-refractivity contribution in [2.45, 2.75) is 13.8 Å². The van der Waals surface area contributed by atoms with E-state index in [1.54, 1.807) is 30.5 Å². The van der Waals surface area contributed by atoms with E-state index in [4.69, 9.17) is 15.7 Å². The van der Waals surface area contributed by atoms with E-state index < -0.39 is 0 Å². The molecule has 0 bridgehead atoms. The van der Waals surface area contributed by atoms with E-state index in [1.807, 2.05) is 13.8 Å². The Morgan fingerprint density at radius 3 is 2.44 bits per heavy atom. The Morgan fingerprint density at radius 2 is 1.89 bits per heavy atom. The van der Waals surface area contributed by atoms with Crippen LogP contribution in [0.15, 0.2) is 30.5 Å². The molecule has 0 saturated carbocycles. The van der Waals surface area contributed by atoms with Gasteiger partial charge in [0.1, 0.15) is 17.3 Å². The third kappa shape index (κ3) is 2.41. The number of nitrogens with two attached hydrogens (primary N) is 1. The molecule has 2 rings (SSSR count). The van der Waals surface area contributed by atoms with Crippen molar-refractivity contribution < 1.29 is 4.74 Å². The fourth-order valence-electron chi connectivity index (χ4n) is 1.79. The van der Waals surface area contributed by atoms with Gasteiger partial charge in [-0.15, -0.1) is 0 Å². The van der Waals surface area contributed by atoms with Gasteiger partial charge in [-0.1, -0.05) is 0 Å². The predicted molar refractivity (Wildman–Crippen MR) is 69.4 cm³/mol. The molecule has 0 aliphatic carbocycles. The Bertz CT molecular complexity index is 606. The summed E-state index contributed by atoms with van der Waals surface area (Å²) in [6.07, 6.45) is 1.60. The molecule has 1 aromatic heterocycles. The van der Waals surface area contributed by atoms with Gasteiger partial charge in [0, 0.05) is 12.3 Å². The molecule has 0 amide bonds. The first-order chi connectivity index (χ1) is 8.60. The number of benzene rings is 1. The van der Waals surface area contributed by atoms with Gasteiger partial charge < -0.3 is 10.5 Å². The standard InChI is InChI=1S/C14H13N3O/c1-9-5-11(8-15)6-10(2)14(9)18-12-3-4-17-13(16)7-12/h3-7H,1-2H3,(H2,16,17). The quantitative estimate of drug-likeness (QED) is 0.874. The highest BCUT2D eigenvalue weighted by molar-refractivity contribution is 5.49. The maximum atomic E-state index is 8.89. The maximum absolute atomic E-state index is 8.89. The molecular weight excluding hydrogens is 226 g/mol. The Morgan fingerprint density at radius 1 is 1.22 bits per heavy atom. The van der Waals surface area contributed by atoms with Crippen LogP contribution in [-0.4, -0.2) is 4.98 Å². The van der Waals surface area contributed by atoms with Gasteiger partial charge in [0.2, 0.25) is 0 Å². The number of anilines is 1. The topological polar surface area (TPSA) is 71.9 Å². The van der Waals surface area contributed by atoms with Crippen molar-refractivity contribution >= 4 is 5.82 Å². The minimum absolute atomic E-state index is 0.413. The lowest BCUT2D eigenvalue weighted by Crippen LogP contribution is -1.94. The Hall–Kier alpha value is -2.54. The SMILES string of the molecule is Cc1cc(C#N)cc(C)c1Oc1ccnc(N)c1. The van der Waals surface area contributed by atoms with Crippen LogP contribution in [0.25, 0.3) is 0 Å². The molecule has 90 valence electrons. The van der Waals surface area contributed by atoms with Crippen molar-refractivity contribution in [1.82, 2.24) is 4.98 Å². The first kappa shape index (κ1) is 11.9. The van der Waals surface area contributed by atoms with Crippen molar-refractivity contribution in [3.63, 3.8) is 0 Å². The van der Waals surface area contributed by atoms with E-state index in [0.29, 0.717) is 17.1 Å². The first-order valence-corrected chi connectivity index (χ1v) is 5.51. The normalized spacial score (nSPS) is 9.83. The molecule has 4 nitrogen and oxygen atoms in total. The smallest absolute Gasteiger partial charge is 0.133 e. The van der Waals surface area contributed by atoms with Crippen LogP contribution >= 0.6 is 0 Å². The fourth-order valence-corrected chi connectivity index (χ4v) is 1.79. The largest absolute Gasteiger partial charge is 0.457 e. The van der Waals surface area contributed by atoms with Gasteiger partial charge in [-0.05, 0) is 43.2 Å². The molecule has 0 saturated heterocycles. The molecule has 18 heavy (non-hydrogen) atoms. The van der Waals surface area contributed by atoms with Crippen LogP contribution in [0.3, 0.4) is 0 Å². The average Bonchev–Trinajstić information content (AvgIpc) is 2.33. The van der Waals surface area contributed by atoms with E-state index in [0.717, 1.165) is 16.9 Å². The highest BCUT2D eigenvalue weighted by atomic mass is 16.5. The number of ether oxygens (including phenoxy) is 1. The zero-order valence-corrected chi connectivity index (χ0v) is 10.3. The number of nitrogen functional groups attached to an aromatic ring is 1. The van der Waals surface area contributed by atoms with Crippen LogP contribution in [0.2, 0.25) is 0 Å². The lowest BCUT2D eigenvalue weighted by Gasteiger charge is -2.12. The second kappa shape index (κ2) is 4.76. The molecule has 0 atom stereocenters. The third-order valence-electron chi connectivity index (χ3n) is 2.56.